The lowest BCUT2D eigenvalue weighted by molar-refractivity contribution is -0.00347. The summed E-state index contributed by atoms with van der Waals surface area (Å²) in [5.41, 5.74) is 6.28. The van der Waals surface area contributed by atoms with Crippen LogP contribution in [-0.2, 0) is 0 Å². The minimum Gasteiger partial charge on any atom is -0.366 e. The molecule has 0 aliphatic heterocycles. The van der Waals surface area contributed by atoms with Crippen LogP contribution in [0.5, 0.6) is 0 Å². The summed E-state index contributed by atoms with van der Waals surface area (Å²) in [6.45, 7) is 0. The van der Waals surface area contributed by atoms with Gasteiger partial charge in [-0.3, -0.25) is 9.37 Å². The Labute approximate surface area is 150 Å². The maximum absolute atomic E-state index is 11.4. The molecule has 0 saturated heterocycles. The number of primary amides is 1. The van der Waals surface area contributed by atoms with Crippen LogP contribution in [0.25, 0.3) is 11.0 Å². The van der Waals surface area contributed by atoms with Crippen LogP contribution in [0, 0.1) is 0 Å². The zero-order valence-corrected chi connectivity index (χ0v) is 14.0. The zero-order chi connectivity index (χ0) is 18.5. The first-order chi connectivity index (χ1) is 12.8. The highest BCUT2D eigenvalue weighted by Gasteiger charge is 1.92. The Hall–Kier alpha value is -3.80. The number of para-hydroxylation sites is 1. The van der Waals surface area contributed by atoms with Gasteiger partial charge in [-0.25, -0.2) is 0 Å². The third kappa shape index (κ3) is 6.76. The Kier molecular flexibility index (Phi) is 7.76. The van der Waals surface area contributed by atoms with E-state index < -0.39 is 5.91 Å². The predicted molar refractivity (Wildman–Crippen MR) is 99.7 cm³/mol. The number of hydrogen-bond donors (Lipinski definition) is 2. The molecular formula is C20H19N3O3. The largest absolute Gasteiger partial charge is 0.366 e. The molecule has 0 aliphatic carbocycles. The van der Waals surface area contributed by atoms with Crippen LogP contribution in [0.15, 0.2) is 106 Å². The fourth-order valence-electron chi connectivity index (χ4n) is 1.86. The van der Waals surface area contributed by atoms with Gasteiger partial charge in [0.25, 0.3) is 0 Å². The number of amides is 1. The highest BCUT2D eigenvalue weighted by atomic mass is 17.0. The average Bonchev–Trinajstić information content (AvgIpc) is 2.64. The third-order valence-electron chi connectivity index (χ3n) is 3.08. The lowest BCUT2D eigenvalue weighted by Crippen LogP contribution is -2.09. The van der Waals surface area contributed by atoms with Gasteiger partial charge in [0.2, 0.25) is 5.91 Å². The molecule has 3 N–H and O–H groups in total. The van der Waals surface area contributed by atoms with Gasteiger partial charge in [-0.15, -0.1) is 5.10 Å². The van der Waals surface area contributed by atoms with E-state index in [-0.39, 0.29) is 0 Å². The van der Waals surface area contributed by atoms with Gasteiger partial charge in [-0.1, -0.05) is 72.0 Å². The molecule has 132 valence electrons. The van der Waals surface area contributed by atoms with Crippen molar-refractivity contribution in [2.24, 2.45) is 5.73 Å². The van der Waals surface area contributed by atoms with Crippen LogP contribution in [0.3, 0.4) is 0 Å². The second kappa shape index (κ2) is 10.9. The van der Waals surface area contributed by atoms with Crippen molar-refractivity contribution >= 4 is 16.9 Å². The second-order valence-electron chi connectivity index (χ2n) is 4.93. The number of hydrogen-bond acceptors (Lipinski definition) is 4. The van der Waals surface area contributed by atoms with Crippen molar-refractivity contribution in [1.29, 1.82) is 0 Å². The van der Waals surface area contributed by atoms with E-state index in [1.165, 1.54) is 6.20 Å². The minimum absolute atomic E-state index is 0.392. The monoisotopic (exact) mass is 349 g/mol. The lowest BCUT2D eigenvalue weighted by Gasteiger charge is -1.87. The van der Waals surface area contributed by atoms with Crippen LogP contribution < -0.4 is 5.73 Å². The summed E-state index contributed by atoms with van der Waals surface area (Å²) in [5.74, 6) is -0.501. The molecule has 2 aromatic rings. The minimum atomic E-state index is -0.501. The van der Waals surface area contributed by atoms with Gasteiger partial charge in [0.15, 0.2) is 5.58 Å². The van der Waals surface area contributed by atoms with Gasteiger partial charge in [0.05, 0.1) is 6.20 Å². The van der Waals surface area contributed by atoms with E-state index >= 15 is 0 Å². The van der Waals surface area contributed by atoms with E-state index in [9.17, 15) is 4.79 Å². The maximum atomic E-state index is 11.4. The first-order valence-corrected chi connectivity index (χ1v) is 7.83. The molecule has 6 nitrogen and oxygen atoms in total. The number of benzene rings is 1. The van der Waals surface area contributed by atoms with E-state index in [1.54, 1.807) is 54.6 Å². The fourth-order valence-corrected chi connectivity index (χ4v) is 1.86. The van der Waals surface area contributed by atoms with Crippen molar-refractivity contribution in [3.63, 3.8) is 0 Å². The van der Waals surface area contributed by atoms with Crippen LogP contribution >= 0.6 is 0 Å². The Morgan fingerprint density at radius 3 is 2.08 bits per heavy atom. The van der Waals surface area contributed by atoms with E-state index in [4.69, 9.17) is 15.0 Å². The summed E-state index contributed by atoms with van der Waals surface area (Å²) >= 11 is 0. The van der Waals surface area contributed by atoms with Crippen molar-refractivity contribution < 1.29 is 14.1 Å². The molecule has 2 rings (SSSR count). The Morgan fingerprint density at radius 1 is 0.808 bits per heavy atom. The van der Waals surface area contributed by atoms with Crippen molar-refractivity contribution in [2.75, 3.05) is 0 Å². The van der Waals surface area contributed by atoms with Gasteiger partial charge >= 0.3 is 0 Å². The van der Waals surface area contributed by atoms with E-state index in [0.717, 1.165) is 5.39 Å². The molecule has 1 amide bonds. The van der Waals surface area contributed by atoms with E-state index in [1.807, 2.05) is 36.4 Å². The van der Waals surface area contributed by atoms with Crippen LogP contribution in [0.2, 0.25) is 0 Å². The molecule has 1 heterocycles. The molecule has 0 atom stereocenters. The molecule has 1 aromatic carbocycles. The number of aromatic nitrogens is 2. The first-order valence-electron chi connectivity index (χ1n) is 7.83. The molecule has 6 heteroatoms. The number of fused-ring (bicyclic) bond motifs is 1. The van der Waals surface area contributed by atoms with Gasteiger partial charge < -0.3 is 5.73 Å². The SMILES string of the molecule is NC(=O)c1ccccccn[nH]ooc2ccccc2cccccc1. The summed E-state index contributed by atoms with van der Waals surface area (Å²) in [5, 5.41) is 6.93. The molecule has 0 fully saturated rings. The Balaban J connectivity index is 2.59. The normalized spacial score (nSPS) is 9.08. The number of aromatic amines is 1. The smallest absolute Gasteiger partial charge is 0.248 e. The standard InChI is InChI=1S/C20H19N3O3/c21-20(24)18-13-6-2-1-5-11-17-12-8-9-15-19(17)25-26-23-22-16-10-4-3-7-14-18/h1-16,23H,(H2,21,24). The summed E-state index contributed by atoms with van der Waals surface area (Å²) < 4.78 is 10.0. The molecule has 0 aliphatic rings. The summed E-state index contributed by atoms with van der Waals surface area (Å²) in [4.78, 5) is 11.4. The fraction of sp³-hybridized carbons (Fsp3) is 0. The van der Waals surface area contributed by atoms with Crippen LogP contribution in [-0.4, -0.2) is 16.3 Å². The van der Waals surface area contributed by atoms with E-state index in [0.29, 0.717) is 11.1 Å². The number of rotatable bonds is 1. The van der Waals surface area contributed by atoms with Crippen molar-refractivity contribution in [2.45, 2.75) is 0 Å². The number of nitrogens with zero attached hydrogens (tertiary/aromatic N) is 1. The highest BCUT2D eigenvalue weighted by molar-refractivity contribution is 5.92. The molecule has 0 bridgehead atoms. The third-order valence-corrected chi connectivity index (χ3v) is 3.08. The van der Waals surface area contributed by atoms with E-state index in [2.05, 4.69) is 10.4 Å². The van der Waals surface area contributed by atoms with Gasteiger partial charge in [-0.05, 0) is 24.3 Å². The Bertz CT molecular complexity index is 954. The van der Waals surface area contributed by atoms with Crippen molar-refractivity contribution in [3.05, 3.63) is 103 Å². The number of nitrogens with one attached hydrogen (secondary N) is 1. The van der Waals surface area contributed by atoms with Crippen molar-refractivity contribution in [1.82, 2.24) is 10.4 Å². The molecule has 1 aromatic heterocycles. The first kappa shape index (κ1) is 18.5. The summed E-state index contributed by atoms with van der Waals surface area (Å²) in [7, 11) is 0. The summed E-state index contributed by atoms with van der Waals surface area (Å²) in [6.07, 6.45) is 1.48. The predicted octanol–water partition coefficient (Wildman–Crippen LogP) is 4.35. The molecular weight excluding hydrogens is 330 g/mol. The Morgan fingerprint density at radius 2 is 1.38 bits per heavy atom. The maximum Gasteiger partial charge on any atom is 0.248 e. The number of nitrogens with two attached hydrogens (primary N) is 1. The van der Waals surface area contributed by atoms with Crippen LogP contribution in [0.4, 0.5) is 0 Å². The molecule has 26 heavy (non-hydrogen) atoms. The highest BCUT2D eigenvalue weighted by Crippen LogP contribution is 2.08. The van der Waals surface area contributed by atoms with Crippen molar-refractivity contribution in [3.8, 4) is 0 Å². The van der Waals surface area contributed by atoms with Crippen LogP contribution in [0.1, 0.15) is 10.4 Å². The summed E-state index contributed by atoms with van der Waals surface area (Å²) in [6, 6.07) is 26.5. The quantitative estimate of drug-likeness (QED) is 0.748. The molecule has 0 unspecified atom stereocenters. The molecule has 0 saturated carbocycles. The molecule has 0 spiro atoms. The molecule has 0 radical (unpaired) electrons. The number of H-pyrrole nitrogens is 1. The van der Waals surface area contributed by atoms with Gasteiger partial charge in [0.1, 0.15) is 0 Å². The topological polar surface area (TPSA) is 98.1 Å². The zero-order valence-electron chi connectivity index (χ0n) is 14.0. The van der Waals surface area contributed by atoms with Gasteiger partial charge in [0, 0.05) is 10.9 Å². The number of carbonyl (C=O) groups is 1. The average molecular weight is 349 g/mol. The van der Waals surface area contributed by atoms with Gasteiger partial charge in [-0.2, -0.15) is 4.68 Å². The number of carbonyl (C=O) groups excluding carboxylic acids is 1. The second-order valence-corrected chi connectivity index (χ2v) is 4.93. The lowest BCUT2D eigenvalue weighted by atomic mass is 10.2.